The van der Waals surface area contributed by atoms with E-state index in [1.165, 1.54) is 31.5 Å². The van der Waals surface area contributed by atoms with Gasteiger partial charge in [-0.2, -0.15) is 18.3 Å². The normalized spacial score (nSPS) is 11.3. The molecule has 0 fully saturated rings. The van der Waals surface area contributed by atoms with E-state index in [0.29, 0.717) is 39.2 Å². The lowest BCUT2D eigenvalue weighted by Gasteiger charge is -2.13. The van der Waals surface area contributed by atoms with Gasteiger partial charge in [0.1, 0.15) is 0 Å². The van der Waals surface area contributed by atoms with Crippen molar-refractivity contribution in [3.05, 3.63) is 84.3 Å². The molecule has 0 aliphatic carbocycles. The average Bonchev–Trinajstić information content (AvgIpc) is 2.85. The third-order valence-electron chi connectivity index (χ3n) is 4.83. The molecular formula is C24H18Br2F3N3O6. The molecule has 0 bridgehead atoms. The van der Waals surface area contributed by atoms with Gasteiger partial charge in [-0.1, -0.05) is 15.9 Å². The van der Waals surface area contributed by atoms with Crippen LogP contribution in [0, 0.1) is 10.1 Å². The standard InChI is InChI=1S/C24H18Br2F3N3O6/c1-3-37-21-9-13(4-6-20(21)36-2)23(33)31-30-12-14-8-16(25)11-17(26)22(14)38-19-7-5-15(24(27,28)29)10-18(19)32(34)35/h4-12H,3H2,1-2H3,(H,31,33)/b30-12+. The van der Waals surface area contributed by atoms with Gasteiger partial charge in [0.2, 0.25) is 5.75 Å². The molecule has 9 nitrogen and oxygen atoms in total. The molecule has 3 rings (SSSR count). The predicted octanol–water partition coefficient (Wildman–Crippen LogP) is 7.10. The van der Waals surface area contributed by atoms with Crippen molar-refractivity contribution in [1.29, 1.82) is 0 Å². The molecule has 0 radical (unpaired) electrons. The molecule has 3 aromatic rings. The number of carbonyl (C=O) groups is 1. The quantitative estimate of drug-likeness (QED) is 0.149. The molecular weight excluding hydrogens is 643 g/mol. The predicted molar refractivity (Wildman–Crippen MR) is 139 cm³/mol. The van der Waals surface area contributed by atoms with Crippen LogP contribution in [0.4, 0.5) is 18.9 Å². The maximum absolute atomic E-state index is 13.0. The minimum absolute atomic E-state index is 0.0112. The van der Waals surface area contributed by atoms with Crippen LogP contribution in [0.3, 0.4) is 0 Å². The van der Waals surface area contributed by atoms with Crippen LogP contribution < -0.4 is 19.6 Å². The highest BCUT2D eigenvalue weighted by Crippen LogP contribution is 2.41. The molecule has 0 unspecified atom stereocenters. The molecule has 3 aromatic carbocycles. The van der Waals surface area contributed by atoms with Gasteiger partial charge in [-0.3, -0.25) is 14.9 Å². The van der Waals surface area contributed by atoms with Crippen molar-refractivity contribution in [1.82, 2.24) is 5.43 Å². The maximum Gasteiger partial charge on any atom is 0.416 e. The van der Waals surface area contributed by atoms with Crippen molar-refractivity contribution >= 4 is 49.7 Å². The minimum Gasteiger partial charge on any atom is -0.493 e. The summed E-state index contributed by atoms with van der Waals surface area (Å²) in [4.78, 5) is 23.1. The number of methoxy groups -OCH3 is 1. The summed E-state index contributed by atoms with van der Waals surface area (Å²) in [7, 11) is 1.47. The Kier molecular flexibility index (Phi) is 9.33. The number of hydrogen-bond donors (Lipinski definition) is 1. The number of nitro groups is 1. The number of carbonyl (C=O) groups excluding carboxylic acids is 1. The smallest absolute Gasteiger partial charge is 0.416 e. The number of nitrogens with one attached hydrogen (secondary N) is 1. The maximum atomic E-state index is 13.0. The number of halogens is 5. The summed E-state index contributed by atoms with van der Waals surface area (Å²) in [6.07, 6.45) is -3.56. The number of amides is 1. The van der Waals surface area contributed by atoms with Gasteiger partial charge in [-0.25, -0.2) is 5.43 Å². The average molecular weight is 661 g/mol. The summed E-state index contributed by atoms with van der Waals surface area (Å²) < 4.78 is 56.3. The van der Waals surface area contributed by atoms with E-state index in [0.717, 1.165) is 6.07 Å². The van der Waals surface area contributed by atoms with E-state index in [1.807, 2.05) is 0 Å². The summed E-state index contributed by atoms with van der Waals surface area (Å²) in [5, 5.41) is 15.4. The van der Waals surface area contributed by atoms with Gasteiger partial charge in [-0.05, 0) is 65.3 Å². The highest BCUT2D eigenvalue weighted by Gasteiger charge is 2.33. The van der Waals surface area contributed by atoms with Gasteiger partial charge in [0.15, 0.2) is 17.2 Å². The van der Waals surface area contributed by atoms with Gasteiger partial charge >= 0.3 is 11.9 Å². The molecule has 0 spiro atoms. The van der Waals surface area contributed by atoms with Crippen LogP contribution in [0.1, 0.15) is 28.4 Å². The lowest BCUT2D eigenvalue weighted by Crippen LogP contribution is -2.17. The van der Waals surface area contributed by atoms with E-state index < -0.39 is 34.0 Å². The van der Waals surface area contributed by atoms with Gasteiger partial charge in [0.25, 0.3) is 5.91 Å². The number of rotatable bonds is 9. The molecule has 0 heterocycles. The van der Waals surface area contributed by atoms with Gasteiger partial charge < -0.3 is 14.2 Å². The first-order valence-corrected chi connectivity index (χ1v) is 12.2. The molecule has 0 aromatic heterocycles. The summed E-state index contributed by atoms with van der Waals surface area (Å²) in [6.45, 7) is 2.14. The zero-order chi connectivity index (χ0) is 28.0. The van der Waals surface area contributed by atoms with E-state index in [4.69, 9.17) is 14.2 Å². The second-order valence-corrected chi connectivity index (χ2v) is 9.11. The Hall–Kier alpha value is -3.65. The van der Waals surface area contributed by atoms with Crippen LogP contribution in [-0.4, -0.2) is 30.8 Å². The van der Waals surface area contributed by atoms with Crippen LogP contribution in [0.15, 0.2) is 62.6 Å². The highest BCUT2D eigenvalue weighted by atomic mass is 79.9. The molecule has 0 saturated carbocycles. The van der Waals surface area contributed by atoms with E-state index in [2.05, 4.69) is 42.4 Å². The number of hydrazone groups is 1. The van der Waals surface area contributed by atoms with Gasteiger partial charge in [0.05, 0.1) is 34.9 Å². The van der Waals surface area contributed by atoms with E-state index in [1.54, 1.807) is 19.1 Å². The Morgan fingerprint density at radius 2 is 1.82 bits per heavy atom. The molecule has 0 saturated heterocycles. The van der Waals surface area contributed by atoms with Crippen molar-refractivity contribution in [2.45, 2.75) is 13.1 Å². The first-order chi connectivity index (χ1) is 17.9. The Morgan fingerprint density at radius 1 is 1.11 bits per heavy atom. The fourth-order valence-electron chi connectivity index (χ4n) is 3.13. The number of nitro benzene ring substituents is 1. The van der Waals surface area contributed by atoms with Crippen molar-refractivity contribution < 1.29 is 37.1 Å². The van der Waals surface area contributed by atoms with Crippen LogP contribution in [-0.2, 0) is 6.18 Å². The molecule has 0 atom stereocenters. The zero-order valence-electron chi connectivity index (χ0n) is 19.6. The SMILES string of the molecule is CCOc1cc(C(=O)N/N=C/c2cc(Br)cc(Br)c2Oc2ccc(C(F)(F)F)cc2[N+](=O)[O-])ccc1OC. The lowest BCUT2D eigenvalue weighted by molar-refractivity contribution is -0.385. The third kappa shape index (κ3) is 7.01. The van der Waals surface area contributed by atoms with E-state index in [-0.39, 0.29) is 16.9 Å². The molecule has 0 aliphatic rings. The fraction of sp³-hybridized carbons (Fsp3) is 0.167. The number of ether oxygens (including phenoxy) is 3. The van der Waals surface area contributed by atoms with Crippen LogP contribution in [0.25, 0.3) is 0 Å². The molecule has 14 heteroatoms. The second-order valence-electron chi connectivity index (χ2n) is 7.34. The number of benzene rings is 3. The molecule has 1 amide bonds. The van der Waals surface area contributed by atoms with E-state index in [9.17, 15) is 28.1 Å². The Morgan fingerprint density at radius 3 is 2.45 bits per heavy atom. The molecule has 1 N–H and O–H groups in total. The number of hydrogen-bond acceptors (Lipinski definition) is 7. The summed E-state index contributed by atoms with van der Waals surface area (Å²) in [6, 6.07) is 9.59. The third-order valence-corrected chi connectivity index (χ3v) is 5.87. The summed E-state index contributed by atoms with van der Waals surface area (Å²) in [5.41, 5.74) is 0.757. The monoisotopic (exact) mass is 659 g/mol. The van der Waals surface area contributed by atoms with Crippen LogP contribution >= 0.6 is 31.9 Å². The lowest BCUT2D eigenvalue weighted by atomic mass is 10.1. The Balaban J connectivity index is 1.89. The van der Waals surface area contributed by atoms with Crippen LogP contribution in [0.2, 0.25) is 0 Å². The topological polar surface area (TPSA) is 112 Å². The minimum atomic E-state index is -4.77. The Bertz CT molecular complexity index is 1400. The van der Waals surface area contributed by atoms with Crippen molar-refractivity contribution in [2.24, 2.45) is 5.10 Å². The molecule has 0 aliphatic heterocycles. The van der Waals surface area contributed by atoms with Crippen molar-refractivity contribution in [3.63, 3.8) is 0 Å². The zero-order valence-corrected chi connectivity index (χ0v) is 22.8. The first-order valence-electron chi connectivity index (χ1n) is 10.6. The Labute approximate surface area is 231 Å². The molecule has 200 valence electrons. The van der Waals surface area contributed by atoms with Gasteiger partial charge in [-0.15, -0.1) is 0 Å². The highest BCUT2D eigenvalue weighted by molar-refractivity contribution is 9.11. The summed E-state index contributed by atoms with van der Waals surface area (Å²) in [5.74, 6) is -0.162. The van der Waals surface area contributed by atoms with Crippen LogP contribution in [0.5, 0.6) is 23.0 Å². The fourth-order valence-corrected chi connectivity index (χ4v) is 4.47. The molecule has 38 heavy (non-hydrogen) atoms. The largest absolute Gasteiger partial charge is 0.493 e. The van der Waals surface area contributed by atoms with Gasteiger partial charge in [0, 0.05) is 21.7 Å². The van der Waals surface area contributed by atoms with Crippen molar-refractivity contribution in [3.8, 4) is 23.0 Å². The number of nitrogens with zero attached hydrogens (tertiary/aromatic N) is 2. The first kappa shape index (κ1) is 28.9. The second kappa shape index (κ2) is 12.3. The van der Waals surface area contributed by atoms with E-state index >= 15 is 0 Å². The van der Waals surface area contributed by atoms with Crippen molar-refractivity contribution in [2.75, 3.05) is 13.7 Å². The number of alkyl halides is 3. The summed E-state index contributed by atoms with van der Waals surface area (Å²) >= 11 is 6.58.